The zero-order valence-electron chi connectivity index (χ0n) is 15.0. The monoisotopic (exact) mass is 464 g/mol. The third-order valence-electron chi connectivity index (χ3n) is 4.68. The van der Waals surface area contributed by atoms with Crippen molar-refractivity contribution in [1.82, 2.24) is 0 Å². The number of rotatable bonds is 6. The summed E-state index contributed by atoms with van der Waals surface area (Å²) in [5.74, 6) is 0. The Balaban J connectivity index is 1.68. The zero-order valence-corrected chi connectivity index (χ0v) is 18.4. The van der Waals surface area contributed by atoms with Gasteiger partial charge in [0.15, 0.2) is 0 Å². The molecule has 0 amide bonds. The molecule has 0 unspecified atom stereocenters. The molecule has 1 fully saturated rings. The van der Waals surface area contributed by atoms with E-state index in [1.54, 1.807) is 8.92 Å². The predicted molar refractivity (Wildman–Crippen MR) is 112 cm³/mol. The predicted octanol–water partition coefficient (Wildman–Crippen LogP) is 4.85. The summed E-state index contributed by atoms with van der Waals surface area (Å²) in [7, 11) is 0. The van der Waals surface area contributed by atoms with E-state index in [1.807, 2.05) is 10.0 Å². The fraction of sp³-hybridized carbons (Fsp3) is 0.391. The van der Waals surface area contributed by atoms with Crippen LogP contribution in [0.25, 0.3) is 0 Å². The Morgan fingerprint density at radius 1 is 0.680 bits per heavy atom. The number of allylic oxidation sites excluding steroid dienone is 2. The minimum absolute atomic E-state index is 0.516. The van der Waals surface area contributed by atoms with Crippen LogP contribution in [0.5, 0.6) is 0 Å². The summed E-state index contributed by atoms with van der Waals surface area (Å²) in [6.45, 7) is 0. The maximum absolute atomic E-state index is 2.33. The molecule has 0 radical (unpaired) electrons. The summed E-state index contributed by atoms with van der Waals surface area (Å²) >= 11 is 1.13. The molecule has 0 nitrogen and oxygen atoms in total. The fourth-order valence-electron chi connectivity index (χ4n) is 3.32. The van der Waals surface area contributed by atoms with E-state index in [9.17, 15) is 0 Å². The van der Waals surface area contributed by atoms with Gasteiger partial charge in [-0.15, -0.1) is 0 Å². The molecule has 3 rings (SSSR count). The van der Waals surface area contributed by atoms with E-state index >= 15 is 0 Å². The maximum atomic E-state index is 2.33. The molecule has 0 aromatic heterocycles. The Hall–Kier alpha value is -0.781. The van der Waals surface area contributed by atoms with Crippen LogP contribution in [0.1, 0.15) is 51.4 Å². The Morgan fingerprint density at radius 3 is 1.88 bits per heavy atom. The summed E-state index contributed by atoms with van der Waals surface area (Å²) in [5.41, 5.74) is 1.83. The first-order valence-corrected chi connectivity index (χ1v) is 13.3. The van der Waals surface area contributed by atoms with Crippen LogP contribution in [0, 0.1) is 0 Å². The van der Waals surface area contributed by atoms with Crippen molar-refractivity contribution in [3.8, 4) is 0 Å². The summed E-state index contributed by atoms with van der Waals surface area (Å²) in [6.07, 6.45) is 11.2. The van der Waals surface area contributed by atoms with E-state index in [1.165, 1.54) is 56.7 Å². The second-order valence-corrected chi connectivity index (χ2v) is 11.5. The van der Waals surface area contributed by atoms with E-state index in [-0.39, 0.29) is 0 Å². The van der Waals surface area contributed by atoms with Crippen molar-refractivity contribution in [2.75, 3.05) is 0 Å². The van der Waals surface area contributed by atoms with Crippen LogP contribution < -0.4 is 8.92 Å². The van der Waals surface area contributed by atoms with Crippen LogP contribution in [-0.4, -0.2) is 29.9 Å². The van der Waals surface area contributed by atoms with Gasteiger partial charge in [0.25, 0.3) is 0 Å². The van der Waals surface area contributed by atoms with E-state index < -0.39 is 0 Å². The summed E-state index contributed by atoms with van der Waals surface area (Å²) in [4.78, 5) is 0. The molecule has 0 saturated heterocycles. The summed E-state index contributed by atoms with van der Waals surface area (Å²) in [6, 6.07) is 22.3. The zero-order chi connectivity index (χ0) is 17.2. The van der Waals surface area contributed by atoms with Crippen LogP contribution in [0.3, 0.4) is 0 Å². The molecule has 132 valence electrons. The molecule has 2 aromatic carbocycles. The van der Waals surface area contributed by atoms with Gasteiger partial charge in [-0.1, -0.05) is 0 Å². The van der Waals surface area contributed by atoms with Crippen molar-refractivity contribution < 1.29 is 0 Å². The van der Waals surface area contributed by atoms with Crippen molar-refractivity contribution in [2.45, 2.75) is 56.7 Å². The molecule has 0 atom stereocenters. The van der Waals surface area contributed by atoms with E-state index in [0.717, 1.165) is 0 Å². The molecule has 2 heteroatoms. The van der Waals surface area contributed by atoms with Gasteiger partial charge in [-0.05, 0) is 0 Å². The SMILES string of the molecule is c1ccc([Se]CCC([Se]c2ccccc2)=C2CCCCCCC2)cc1. The van der Waals surface area contributed by atoms with Crippen molar-refractivity contribution in [1.29, 1.82) is 0 Å². The van der Waals surface area contributed by atoms with E-state index in [4.69, 9.17) is 0 Å². The van der Waals surface area contributed by atoms with Crippen LogP contribution in [0.2, 0.25) is 5.32 Å². The van der Waals surface area contributed by atoms with Gasteiger partial charge in [0, 0.05) is 0 Å². The first-order chi connectivity index (χ1) is 12.4. The Kier molecular flexibility index (Phi) is 8.39. The second kappa shape index (κ2) is 11.0. The first-order valence-electron chi connectivity index (χ1n) is 9.53. The molecular formula is C23H28Se2. The normalized spacial score (nSPS) is 15.4. The van der Waals surface area contributed by atoms with Crippen molar-refractivity contribution in [3.05, 3.63) is 70.7 Å². The van der Waals surface area contributed by atoms with Gasteiger partial charge in [0.05, 0.1) is 0 Å². The molecule has 0 heterocycles. The van der Waals surface area contributed by atoms with Gasteiger partial charge in [-0.2, -0.15) is 0 Å². The Bertz CT molecular complexity index is 636. The van der Waals surface area contributed by atoms with Gasteiger partial charge in [-0.25, -0.2) is 0 Å². The van der Waals surface area contributed by atoms with E-state index in [0.29, 0.717) is 29.9 Å². The topological polar surface area (TPSA) is 0 Å². The average Bonchev–Trinajstić information content (AvgIpc) is 2.63. The van der Waals surface area contributed by atoms with Crippen molar-refractivity contribution in [2.24, 2.45) is 0 Å². The minimum atomic E-state index is 0.516. The molecule has 2 aromatic rings. The average molecular weight is 462 g/mol. The van der Waals surface area contributed by atoms with Gasteiger partial charge in [0.2, 0.25) is 0 Å². The van der Waals surface area contributed by atoms with Gasteiger partial charge >= 0.3 is 166 Å². The number of benzene rings is 2. The molecule has 1 aliphatic carbocycles. The third kappa shape index (κ3) is 6.80. The second-order valence-electron chi connectivity index (χ2n) is 6.62. The standard InChI is InChI=1S/C23H28Se2/c1-2-6-12-20(13-7-3-1)23(25-22-16-10-5-11-17-22)18-19-24-21-14-8-4-9-15-21/h4-5,8-11,14-17H,1-3,6-7,12-13,18-19H2. The molecule has 0 spiro atoms. The molecular weight excluding hydrogens is 434 g/mol. The Labute approximate surface area is 165 Å². The fourth-order valence-corrected chi connectivity index (χ4v) is 8.22. The van der Waals surface area contributed by atoms with Crippen molar-refractivity contribution >= 4 is 38.8 Å². The molecule has 0 aliphatic heterocycles. The van der Waals surface area contributed by atoms with Gasteiger partial charge in [-0.3, -0.25) is 0 Å². The van der Waals surface area contributed by atoms with E-state index in [2.05, 4.69) is 60.7 Å². The quantitative estimate of drug-likeness (QED) is 0.539. The number of hydrogen-bond acceptors (Lipinski definition) is 0. The molecule has 25 heavy (non-hydrogen) atoms. The summed E-state index contributed by atoms with van der Waals surface area (Å²) < 4.78 is 4.91. The molecule has 0 bridgehead atoms. The molecule has 0 N–H and O–H groups in total. The molecule has 1 aliphatic rings. The van der Waals surface area contributed by atoms with Crippen LogP contribution in [0.4, 0.5) is 0 Å². The van der Waals surface area contributed by atoms with Crippen LogP contribution in [0.15, 0.2) is 70.7 Å². The third-order valence-corrected chi connectivity index (χ3v) is 9.42. The Morgan fingerprint density at radius 2 is 1.24 bits per heavy atom. The first kappa shape index (κ1) is 19.0. The van der Waals surface area contributed by atoms with Gasteiger partial charge < -0.3 is 0 Å². The van der Waals surface area contributed by atoms with Crippen molar-refractivity contribution in [3.63, 3.8) is 0 Å². The number of hydrogen-bond donors (Lipinski definition) is 0. The van der Waals surface area contributed by atoms with Gasteiger partial charge in [0.1, 0.15) is 0 Å². The summed E-state index contributed by atoms with van der Waals surface area (Å²) in [5, 5.41) is 1.35. The van der Waals surface area contributed by atoms with Crippen LogP contribution in [-0.2, 0) is 0 Å². The molecule has 1 saturated carbocycles. The van der Waals surface area contributed by atoms with Crippen LogP contribution >= 0.6 is 0 Å².